The van der Waals surface area contributed by atoms with Gasteiger partial charge < -0.3 is 16.2 Å². The van der Waals surface area contributed by atoms with Gasteiger partial charge in [-0.05, 0) is 30.6 Å². The second-order valence-electron chi connectivity index (χ2n) is 6.59. The maximum absolute atomic E-state index is 12.0. The topological polar surface area (TPSA) is 92.4 Å². The summed E-state index contributed by atoms with van der Waals surface area (Å²) in [5, 5.41) is 12.3. The van der Waals surface area contributed by atoms with E-state index >= 15 is 0 Å². The van der Waals surface area contributed by atoms with E-state index in [1.807, 2.05) is 27.7 Å². The molecule has 1 saturated carbocycles. The van der Waals surface area contributed by atoms with Crippen molar-refractivity contribution in [2.24, 2.45) is 23.0 Å². The Labute approximate surface area is 121 Å². The van der Waals surface area contributed by atoms with Gasteiger partial charge in [0.2, 0.25) is 5.91 Å². The molecule has 5 nitrogen and oxygen atoms in total. The molecule has 4 atom stereocenters. The van der Waals surface area contributed by atoms with Crippen LogP contribution in [-0.4, -0.2) is 29.1 Å². The number of nitrogens with one attached hydrogen (secondary N) is 1. The molecule has 20 heavy (non-hydrogen) atoms. The first-order valence-electron chi connectivity index (χ1n) is 7.50. The van der Waals surface area contributed by atoms with Crippen LogP contribution in [0.15, 0.2) is 0 Å². The minimum absolute atomic E-state index is 0.0102. The molecule has 0 radical (unpaired) electrons. The van der Waals surface area contributed by atoms with E-state index in [-0.39, 0.29) is 29.2 Å². The lowest BCUT2D eigenvalue weighted by atomic mass is 9.61. The molecule has 1 rings (SSSR count). The van der Waals surface area contributed by atoms with Gasteiger partial charge in [0.1, 0.15) is 0 Å². The Morgan fingerprint density at radius 3 is 2.50 bits per heavy atom. The van der Waals surface area contributed by atoms with Gasteiger partial charge in [-0.3, -0.25) is 9.59 Å². The number of nitrogens with two attached hydrogens (primary N) is 1. The first-order chi connectivity index (χ1) is 9.21. The van der Waals surface area contributed by atoms with Gasteiger partial charge in [-0.25, -0.2) is 0 Å². The number of rotatable bonds is 5. The molecular weight excluding hydrogens is 256 g/mol. The predicted molar refractivity (Wildman–Crippen MR) is 78.1 cm³/mol. The second-order valence-corrected chi connectivity index (χ2v) is 6.59. The zero-order valence-electron chi connectivity index (χ0n) is 13.0. The van der Waals surface area contributed by atoms with Crippen molar-refractivity contribution in [1.82, 2.24) is 5.32 Å². The summed E-state index contributed by atoms with van der Waals surface area (Å²) in [7, 11) is 0. The second kappa shape index (κ2) is 6.57. The van der Waals surface area contributed by atoms with Crippen LogP contribution in [0, 0.1) is 17.3 Å². The molecule has 1 aliphatic carbocycles. The third-order valence-corrected chi connectivity index (χ3v) is 5.00. The van der Waals surface area contributed by atoms with E-state index in [9.17, 15) is 14.7 Å². The number of carbonyl (C=O) groups excluding carboxylic acids is 1. The molecule has 0 aromatic carbocycles. The van der Waals surface area contributed by atoms with E-state index in [0.717, 1.165) is 6.42 Å². The molecule has 1 fully saturated rings. The Morgan fingerprint density at radius 2 is 2.00 bits per heavy atom. The molecule has 0 bridgehead atoms. The summed E-state index contributed by atoms with van der Waals surface area (Å²) < 4.78 is 0. The summed E-state index contributed by atoms with van der Waals surface area (Å²) in [5.74, 6) is -1.10. The van der Waals surface area contributed by atoms with Gasteiger partial charge in [-0.2, -0.15) is 0 Å². The molecular formula is C15H28N2O3. The standard InChI is InChI=1S/C15H28N2O3/c1-5-6-11(16)13(18)17-12-8-7-10(14(19)20)15(3,4)9(12)2/h9-12H,5-8,16H2,1-4H3,(H,17,18)(H,19,20)/t9?,10?,11-,12?/m1/s1. The molecule has 0 aromatic heterocycles. The predicted octanol–water partition coefficient (Wildman–Crippen LogP) is 1.76. The monoisotopic (exact) mass is 284 g/mol. The molecule has 116 valence electrons. The maximum atomic E-state index is 12.0. The number of amides is 1. The highest BCUT2D eigenvalue weighted by atomic mass is 16.4. The van der Waals surface area contributed by atoms with Crippen LogP contribution >= 0.6 is 0 Å². The maximum Gasteiger partial charge on any atom is 0.307 e. The third kappa shape index (κ3) is 3.51. The van der Waals surface area contributed by atoms with Crippen LogP contribution in [0.1, 0.15) is 53.4 Å². The molecule has 0 saturated heterocycles. The Bertz CT molecular complexity index is 368. The van der Waals surface area contributed by atoms with Gasteiger partial charge >= 0.3 is 5.97 Å². The first kappa shape index (κ1) is 17.0. The fourth-order valence-corrected chi connectivity index (χ4v) is 3.17. The highest BCUT2D eigenvalue weighted by Gasteiger charge is 2.46. The smallest absolute Gasteiger partial charge is 0.307 e. The van der Waals surface area contributed by atoms with Crippen molar-refractivity contribution in [3.05, 3.63) is 0 Å². The van der Waals surface area contributed by atoms with Crippen LogP contribution in [0.5, 0.6) is 0 Å². The first-order valence-corrected chi connectivity index (χ1v) is 7.50. The summed E-state index contributed by atoms with van der Waals surface area (Å²) in [6.45, 7) is 7.96. The van der Waals surface area contributed by atoms with E-state index < -0.39 is 12.0 Å². The number of carboxylic acid groups (broad SMARTS) is 1. The van der Waals surface area contributed by atoms with Crippen LogP contribution in [0.4, 0.5) is 0 Å². The number of hydrogen-bond acceptors (Lipinski definition) is 3. The highest BCUT2D eigenvalue weighted by molar-refractivity contribution is 5.81. The Morgan fingerprint density at radius 1 is 1.40 bits per heavy atom. The van der Waals surface area contributed by atoms with E-state index in [2.05, 4.69) is 5.32 Å². The minimum Gasteiger partial charge on any atom is -0.481 e. The third-order valence-electron chi connectivity index (χ3n) is 5.00. The van der Waals surface area contributed by atoms with Crippen LogP contribution < -0.4 is 11.1 Å². The van der Waals surface area contributed by atoms with Gasteiger partial charge in [-0.1, -0.05) is 34.1 Å². The molecule has 0 heterocycles. The fourth-order valence-electron chi connectivity index (χ4n) is 3.17. The molecule has 1 amide bonds. The fraction of sp³-hybridized carbons (Fsp3) is 0.867. The van der Waals surface area contributed by atoms with E-state index in [0.29, 0.717) is 19.3 Å². The van der Waals surface area contributed by atoms with Gasteiger partial charge in [-0.15, -0.1) is 0 Å². The molecule has 0 aromatic rings. The van der Waals surface area contributed by atoms with E-state index in [4.69, 9.17) is 5.73 Å². The summed E-state index contributed by atoms with van der Waals surface area (Å²) >= 11 is 0. The van der Waals surface area contributed by atoms with Gasteiger partial charge in [0.15, 0.2) is 0 Å². The Kier molecular flexibility index (Phi) is 5.57. The average molecular weight is 284 g/mol. The van der Waals surface area contributed by atoms with Gasteiger partial charge in [0.05, 0.1) is 12.0 Å². The van der Waals surface area contributed by atoms with Crippen molar-refractivity contribution in [3.63, 3.8) is 0 Å². The highest BCUT2D eigenvalue weighted by Crippen LogP contribution is 2.45. The molecule has 5 heteroatoms. The summed E-state index contributed by atoms with van der Waals surface area (Å²) in [5.41, 5.74) is 5.49. The van der Waals surface area contributed by atoms with Crippen LogP contribution in [-0.2, 0) is 9.59 Å². The van der Waals surface area contributed by atoms with E-state index in [1.54, 1.807) is 0 Å². The lowest BCUT2D eigenvalue weighted by molar-refractivity contribution is -0.150. The average Bonchev–Trinajstić information content (AvgIpc) is 2.34. The van der Waals surface area contributed by atoms with E-state index in [1.165, 1.54) is 0 Å². The van der Waals surface area contributed by atoms with Crippen molar-refractivity contribution in [2.45, 2.75) is 65.5 Å². The van der Waals surface area contributed by atoms with Crippen molar-refractivity contribution >= 4 is 11.9 Å². The molecule has 1 aliphatic rings. The molecule has 3 unspecified atom stereocenters. The van der Waals surface area contributed by atoms with Crippen molar-refractivity contribution in [2.75, 3.05) is 0 Å². The normalized spacial score (nSPS) is 30.6. The summed E-state index contributed by atoms with van der Waals surface area (Å²) in [6, 6.07) is -0.455. The quantitative estimate of drug-likeness (QED) is 0.717. The van der Waals surface area contributed by atoms with Crippen LogP contribution in [0.3, 0.4) is 0 Å². The number of carboxylic acids is 1. The van der Waals surface area contributed by atoms with Crippen molar-refractivity contribution in [1.29, 1.82) is 0 Å². The molecule has 4 N–H and O–H groups in total. The molecule has 0 spiro atoms. The van der Waals surface area contributed by atoms with Crippen molar-refractivity contribution in [3.8, 4) is 0 Å². The lowest BCUT2D eigenvalue weighted by Crippen LogP contribution is -2.55. The number of hydrogen-bond donors (Lipinski definition) is 3. The Balaban J connectivity index is 2.71. The minimum atomic E-state index is -0.741. The van der Waals surface area contributed by atoms with Crippen LogP contribution in [0.2, 0.25) is 0 Å². The largest absolute Gasteiger partial charge is 0.481 e. The summed E-state index contributed by atoms with van der Waals surface area (Å²) in [6.07, 6.45) is 2.85. The van der Waals surface area contributed by atoms with Gasteiger partial charge in [0, 0.05) is 6.04 Å². The van der Waals surface area contributed by atoms with Crippen molar-refractivity contribution < 1.29 is 14.7 Å². The Hall–Kier alpha value is -1.10. The summed E-state index contributed by atoms with van der Waals surface area (Å²) in [4.78, 5) is 23.4. The van der Waals surface area contributed by atoms with Gasteiger partial charge in [0.25, 0.3) is 0 Å². The lowest BCUT2D eigenvalue weighted by Gasteiger charge is -2.46. The zero-order chi connectivity index (χ0) is 15.5. The number of carbonyl (C=O) groups is 2. The zero-order valence-corrected chi connectivity index (χ0v) is 13.0. The van der Waals surface area contributed by atoms with Crippen LogP contribution in [0.25, 0.3) is 0 Å². The SMILES string of the molecule is CCC[C@@H](N)C(=O)NC1CCC(C(=O)O)C(C)(C)C1C. The molecule has 0 aliphatic heterocycles. The number of aliphatic carboxylic acids is 1.